The number of aromatic nitrogens is 3. The van der Waals surface area contributed by atoms with Gasteiger partial charge in [-0.2, -0.15) is 0 Å². The molecule has 0 aromatic carbocycles. The van der Waals surface area contributed by atoms with Crippen LogP contribution in [-0.2, 0) is 13.0 Å². The summed E-state index contributed by atoms with van der Waals surface area (Å²) >= 11 is 0. The molecule has 2 aromatic heterocycles. The van der Waals surface area contributed by atoms with E-state index in [4.69, 9.17) is 4.52 Å². The minimum absolute atomic E-state index is 0.594. The molecule has 2 rings (SSSR count). The molecule has 0 saturated carbocycles. The molecule has 2 N–H and O–H groups in total. The molecule has 6 heteroatoms. The summed E-state index contributed by atoms with van der Waals surface area (Å²) in [7, 11) is 0. The Balaban J connectivity index is 2.14. The average molecular weight is 275 g/mol. The second-order valence-electron chi connectivity index (χ2n) is 4.61. The highest BCUT2D eigenvalue weighted by atomic mass is 16.5. The number of rotatable bonds is 7. The van der Waals surface area contributed by atoms with Crippen LogP contribution in [0.2, 0.25) is 0 Å². The molecule has 0 amide bonds. The molecule has 0 bridgehead atoms. The molecule has 0 fully saturated rings. The van der Waals surface area contributed by atoms with E-state index in [2.05, 4.69) is 39.6 Å². The average Bonchev–Trinajstić information content (AvgIpc) is 2.85. The van der Waals surface area contributed by atoms with Crippen LogP contribution in [0.5, 0.6) is 0 Å². The molecule has 0 saturated heterocycles. The lowest BCUT2D eigenvalue weighted by Gasteiger charge is -2.13. The molecular formula is C14H21N5O. The van der Waals surface area contributed by atoms with Gasteiger partial charge in [0, 0.05) is 18.2 Å². The van der Waals surface area contributed by atoms with Crippen molar-refractivity contribution >= 4 is 11.6 Å². The Bertz CT molecular complexity index is 552. The van der Waals surface area contributed by atoms with Crippen LogP contribution >= 0.6 is 0 Å². The van der Waals surface area contributed by atoms with E-state index in [1.54, 1.807) is 6.33 Å². The van der Waals surface area contributed by atoms with Gasteiger partial charge in [0.05, 0.1) is 6.54 Å². The molecule has 2 aromatic rings. The molecular weight excluding hydrogens is 254 g/mol. The Morgan fingerprint density at radius 2 is 1.90 bits per heavy atom. The molecule has 2 heterocycles. The number of anilines is 2. The van der Waals surface area contributed by atoms with Crippen molar-refractivity contribution in [3.63, 3.8) is 0 Å². The summed E-state index contributed by atoms with van der Waals surface area (Å²) < 4.78 is 5.06. The van der Waals surface area contributed by atoms with E-state index >= 15 is 0 Å². The Morgan fingerprint density at radius 3 is 2.50 bits per heavy atom. The van der Waals surface area contributed by atoms with Crippen LogP contribution in [-0.4, -0.2) is 21.7 Å². The van der Waals surface area contributed by atoms with Crippen molar-refractivity contribution < 1.29 is 4.52 Å². The Morgan fingerprint density at radius 1 is 1.15 bits per heavy atom. The molecule has 6 nitrogen and oxygen atoms in total. The molecule has 0 aliphatic carbocycles. The van der Waals surface area contributed by atoms with E-state index in [0.29, 0.717) is 6.54 Å². The zero-order chi connectivity index (χ0) is 14.4. The summed E-state index contributed by atoms with van der Waals surface area (Å²) in [5.41, 5.74) is 1.99. The van der Waals surface area contributed by atoms with Crippen molar-refractivity contribution in [2.45, 2.75) is 40.2 Å². The predicted molar refractivity (Wildman–Crippen MR) is 78.8 cm³/mol. The van der Waals surface area contributed by atoms with Gasteiger partial charge in [0.2, 0.25) is 0 Å². The maximum Gasteiger partial charge on any atom is 0.135 e. The second kappa shape index (κ2) is 6.88. The van der Waals surface area contributed by atoms with E-state index in [1.807, 2.05) is 13.0 Å². The molecule has 108 valence electrons. The normalized spacial score (nSPS) is 10.6. The maximum absolute atomic E-state index is 5.06. The summed E-state index contributed by atoms with van der Waals surface area (Å²) in [6, 6.07) is 1.92. The van der Waals surface area contributed by atoms with Gasteiger partial charge in [-0.05, 0) is 20.3 Å². The van der Waals surface area contributed by atoms with Gasteiger partial charge in [-0.1, -0.05) is 18.5 Å². The Labute approximate surface area is 119 Å². The number of aryl methyl sites for hydroxylation is 1. The molecule has 0 spiro atoms. The lowest BCUT2D eigenvalue weighted by molar-refractivity contribution is 0.391. The quantitative estimate of drug-likeness (QED) is 0.809. The first kappa shape index (κ1) is 14.3. The van der Waals surface area contributed by atoms with Crippen LogP contribution in [0.1, 0.15) is 37.3 Å². The van der Waals surface area contributed by atoms with Crippen LogP contribution in [0.15, 0.2) is 16.9 Å². The molecule has 0 unspecified atom stereocenters. The topological polar surface area (TPSA) is 75.9 Å². The zero-order valence-corrected chi connectivity index (χ0v) is 12.2. The summed E-state index contributed by atoms with van der Waals surface area (Å²) in [6.07, 6.45) is 3.56. The summed E-state index contributed by atoms with van der Waals surface area (Å²) in [5.74, 6) is 2.58. The minimum atomic E-state index is 0.594. The van der Waals surface area contributed by atoms with Crippen molar-refractivity contribution in [1.82, 2.24) is 15.1 Å². The van der Waals surface area contributed by atoms with E-state index in [9.17, 15) is 0 Å². The van der Waals surface area contributed by atoms with E-state index in [0.717, 1.165) is 48.0 Å². The largest absolute Gasteiger partial charge is 0.370 e. The highest BCUT2D eigenvalue weighted by Gasteiger charge is 2.10. The highest BCUT2D eigenvalue weighted by Crippen LogP contribution is 2.22. The van der Waals surface area contributed by atoms with Crippen LogP contribution in [0.4, 0.5) is 11.6 Å². The summed E-state index contributed by atoms with van der Waals surface area (Å²) in [4.78, 5) is 8.65. The SMILES string of the molecule is CCCc1c(NCC)ncnc1NCc1cc(C)on1. The van der Waals surface area contributed by atoms with Crippen molar-refractivity contribution in [3.05, 3.63) is 29.4 Å². The van der Waals surface area contributed by atoms with Gasteiger partial charge < -0.3 is 15.2 Å². The first-order chi connectivity index (χ1) is 9.74. The lowest BCUT2D eigenvalue weighted by Crippen LogP contribution is -2.10. The van der Waals surface area contributed by atoms with E-state index in [-0.39, 0.29) is 0 Å². The van der Waals surface area contributed by atoms with Crippen molar-refractivity contribution in [2.24, 2.45) is 0 Å². The Kier molecular flexibility index (Phi) is 4.92. The third-order valence-corrected chi connectivity index (χ3v) is 2.90. The van der Waals surface area contributed by atoms with Crippen LogP contribution in [0.3, 0.4) is 0 Å². The third-order valence-electron chi connectivity index (χ3n) is 2.90. The van der Waals surface area contributed by atoms with Crippen molar-refractivity contribution in [3.8, 4) is 0 Å². The molecule has 0 aliphatic rings. The van der Waals surface area contributed by atoms with E-state index < -0.39 is 0 Å². The molecule has 0 atom stereocenters. The van der Waals surface area contributed by atoms with Crippen LogP contribution in [0.25, 0.3) is 0 Å². The fourth-order valence-electron chi connectivity index (χ4n) is 2.05. The number of hydrogen-bond acceptors (Lipinski definition) is 6. The first-order valence-electron chi connectivity index (χ1n) is 6.98. The fourth-order valence-corrected chi connectivity index (χ4v) is 2.05. The molecule has 0 aliphatic heterocycles. The fraction of sp³-hybridized carbons (Fsp3) is 0.500. The number of nitrogens with zero attached hydrogens (tertiary/aromatic N) is 3. The summed E-state index contributed by atoms with van der Waals surface area (Å²) in [6.45, 7) is 7.52. The van der Waals surface area contributed by atoms with Gasteiger partial charge in [-0.25, -0.2) is 9.97 Å². The van der Waals surface area contributed by atoms with Crippen molar-refractivity contribution in [2.75, 3.05) is 17.2 Å². The van der Waals surface area contributed by atoms with E-state index in [1.165, 1.54) is 0 Å². The standard InChI is InChI=1S/C14H21N5O/c1-4-6-12-13(15-5-2)17-9-18-14(12)16-8-11-7-10(3)20-19-11/h7,9H,4-6,8H2,1-3H3,(H2,15,16,17,18). The lowest BCUT2D eigenvalue weighted by atomic mass is 10.1. The van der Waals surface area contributed by atoms with Crippen molar-refractivity contribution in [1.29, 1.82) is 0 Å². The maximum atomic E-state index is 5.06. The second-order valence-corrected chi connectivity index (χ2v) is 4.61. The van der Waals surface area contributed by atoms with Gasteiger partial charge in [-0.15, -0.1) is 0 Å². The Hall–Kier alpha value is -2.11. The zero-order valence-electron chi connectivity index (χ0n) is 12.2. The van der Waals surface area contributed by atoms with Gasteiger partial charge in [0.1, 0.15) is 29.4 Å². The summed E-state index contributed by atoms with van der Waals surface area (Å²) in [5, 5.41) is 10.6. The number of hydrogen-bond donors (Lipinski definition) is 2. The smallest absolute Gasteiger partial charge is 0.135 e. The van der Waals surface area contributed by atoms with Gasteiger partial charge in [0.15, 0.2) is 0 Å². The third kappa shape index (κ3) is 3.46. The van der Waals surface area contributed by atoms with Gasteiger partial charge in [0.25, 0.3) is 0 Å². The first-order valence-corrected chi connectivity index (χ1v) is 6.98. The minimum Gasteiger partial charge on any atom is -0.370 e. The van der Waals surface area contributed by atoms with Gasteiger partial charge in [-0.3, -0.25) is 0 Å². The molecule has 0 radical (unpaired) electrons. The predicted octanol–water partition coefficient (Wildman–Crippen LogP) is 2.77. The monoisotopic (exact) mass is 275 g/mol. The molecule has 20 heavy (non-hydrogen) atoms. The van der Waals surface area contributed by atoms with Crippen LogP contribution < -0.4 is 10.6 Å². The number of nitrogens with one attached hydrogen (secondary N) is 2. The van der Waals surface area contributed by atoms with Gasteiger partial charge >= 0.3 is 0 Å². The highest BCUT2D eigenvalue weighted by molar-refractivity contribution is 5.57. The van der Waals surface area contributed by atoms with Crippen LogP contribution in [0, 0.1) is 6.92 Å².